The number of piperazine rings is 1. The van der Waals surface area contributed by atoms with Gasteiger partial charge in [-0.1, -0.05) is 6.08 Å². The number of rotatable bonds is 0. The van der Waals surface area contributed by atoms with Crippen molar-refractivity contribution in [3.05, 3.63) is 11.8 Å². The maximum Gasteiger partial charge on any atom is 0.0682 e. The smallest absolute Gasteiger partial charge is 0.0682 e. The Morgan fingerprint density at radius 1 is 1.40 bits per heavy atom. The zero-order valence-electron chi connectivity index (χ0n) is 6.06. The van der Waals surface area contributed by atoms with Crippen molar-refractivity contribution < 1.29 is 0 Å². The molecule has 56 valence electrons. The van der Waals surface area contributed by atoms with Gasteiger partial charge in [0, 0.05) is 31.9 Å². The lowest BCUT2D eigenvalue weighted by Crippen LogP contribution is -2.48. The molecule has 3 nitrogen and oxygen atoms in total. The van der Waals surface area contributed by atoms with Crippen molar-refractivity contribution in [3.8, 4) is 0 Å². The molecular weight excluding hydrogens is 126 g/mol. The van der Waals surface area contributed by atoms with E-state index < -0.39 is 0 Å². The summed E-state index contributed by atoms with van der Waals surface area (Å²) < 4.78 is 0. The fraction of sp³-hybridized carbons (Fsp3) is 0.714. The Bertz CT molecular complexity index is 153. The molecule has 0 radical (unpaired) electrons. The molecule has 0 aliphatic carbocycles. The van der Waals surface area contributed by atoms with Gasteiger partial charge in [-0.2, -0.15) is 0 Å². The van der Waals surface area contributed by atoms with Crippen LogP contribution in [0.5, 0.6) is 0 Å². The highest BCUT2D eigenvalue weighted by atomic mass is 15.3. The molecule has 0 spiro atoms. The highest BCUT2D eigenvalue weighted by molar-refractivity contribution is 5.09. The molecule has 2 rings (SSSR count). The summed E-state index contributed by atoms with van der Waals surface area (Å²) in [4.78, 5) is 2.39. The van der Waals surface area contributed by atoms with E-state index in [1.165, 1.54) is 5.70 Å². The van der Waals surface area contributed by atoms with Crippen LogP contribution in [0.25, 0.3) is 0 Å². The van der Waals surface area contributed by atoms with Crippen LogP contribution in [-0.2, 0) is 0 Å². The molecule has 2 aliphatic heterocycles. The fourth-order valence-corrected chi connectivity index (χ4v) is 1.46. The van der Waals surface area contributed by atoms with E-state index >= 15 is 0 Å². The summed E-state index contributed by atoms with van der Waals surface area (Å²) in [5, 5.41) is 6.65. The molecule has 0 aromatic carbocycles. The lowest BCUT2D eigenvalue weighted by Gasteiger charge is -2.35. The van der Waals surface area contributed by atoms with Crippen molar-refractivity contribution >= 4 is 0 Å². The van der Waals surface area contributed by atoms with E-state index in [4.69, 9.17) is 0 Å². The van der Waals surface area contributed by atoms with Gasteiger partial charge in [-0.05, 0) is 0 Å². The van der Waals surface area contributed by atoms with Gasteiger partial charge in [0.1, 0.15) is 0 Å². The SMILES string of the molecule is C1=C2CNCCN2CNC1. The van der Waals surface area contributed by atoms with Crippen LogP contribution in [0.4, 0.5) is 0 Å². The Labute approximate surface area is 61.1 Å². The van der Waals surface area contributed by atoms with Crippen molar-refractivity contribution in [1.29, 1.82) is 0 Å². The van der Waals surface area contributed by atoms with Crippen LogP contribution >= 0.6 is 0 Å². The van der Waals surface area contributed by atoms with E-state index in [1.54, 1.807) is 0 Å². The van der Waals surface area contributed by atoms with Gasteiger partial charge in [-0.15, -0.1) is 0 Å². The highest BCUT2D eigenvalue weighted by Crippen LogP contribution is 2.07. The first kappa shape index (κ1) is 6.19. The van der Waals surface area contributed by atoms with Crippen molar-refractivity contribution in [3.63, 3.8) is 0 Å². The molecule has 0 aromatic rings. The Kier molecular flexibility index (Phi) is 1.61. The summed E-state index contributed by atoms with van der Waals surface area (Å²) >= 11 is 0. The normalized spacial score (nSPS) is 25.6. The summed E-state index contributed by atoms with van der Waals surface area (Å²) in [5.41, 5.74) is 1.46. The highest BCUT2D eigenvalue weighted by Gasteiger charge is 2.15. The van der Waals surface area contributed by atoms with Crippen molar-refractivity contribution in [1.82, 2.24) is 15.5 Å². The Hall–Kier alpha value is -0.540. The Morgan fingerprint density at radius 3 is 3.30 bits per heavy atom. The fourth-order valence-electron chi connectivity index (χ4n) is 1.46. The van der Waals surface area contributed by atoms with Crippen LogP contribution in [0, 0.1) is 0 Å². The van der Waals surface area contributed by atoms with Crippen molar-refractivity contribution in [2.24, 2.45) is 0 Å². The Morgan fingerprint density at radius 2 is 2.40 bits per heavy atom. The molecule has 1 saturated heterocycles. The van der Waals surface area contributed by atoms with Gasteiger partial charge in [0.25, 0.3) is 0 Å². The molecule has 10 heavy (non-hydrogen) atoms. The summed E-state index contributed by atoms with van der Waals surface area (Å²) in [5.74, 6) is 0. The van der Waals surface area contributed by atoms with E-state index in [0.29, 0.717) is 0 Å². The summed E-state index contributed by atoms with van der Waals surface area (Å²) in [7, 11) is 0. The molecule has 0 aromatic heterocycles. The second-order valence-electron chi connectivity index (χ2n) is 2.75. The monoisotopic (exact) mass is 139 g/mol. The van der Waals surface area contributed by atoms with Gasteiger partial charge in [0.2, 0.25) is 0 Å². The van der Waals surface area contributed by atoms with Crippen LogP contribution in [-0.4, -0.2) is 37.7 Å². The van der Waals surface area contributed by atoms with Crippen molar-refractivity contribution in [2.75, 3.05) is 32.8 Å². The third kappa shape index (κ3) is 1.02. The topological polar surface area (TPSA) is 27.3 Å². The second-order valence-corrected chi connectivity index (χ2v) is 2.75. The zero-order valence-corrected chi connectivity index (χ0v) is 6.06. The van der Waals surface area contributed by atoms with Crippen LogP contribution in [0.3, 0.4) is 0 Å². The van der Waals surface area contributed by atoms with Crippen LogP contribution in [0.2, 0.25) is 0 Å². The first-order chi connectivity index (χ1) is 4.97. The lowest BCUT2D eigenvalue weighted by atomic mass is 10.2. The third-order valence-corrected chi connectivity index (χ3v) is 2.06. The van der Waals surface area contributed by atoms with Gasteiger partial charge in [-0.3, -0.25) is 5.32 Å². The molecule has 2 N–H and O–H groups in total. The summed E-state index contributed by atoms with van der Waals surface area (Å²) in [6.07, 6.45) is 2.26. The van der Waals surface area contributed by atoms with E-state index in [9.17, 15) is 0 Å². The van der Waals surface area contributed by atoms with Gasteiger partial charge in [0.05, 0.1) is 6.67 Å². The lowest BCUT2D eigenvalue weighted by molar-refractivity contribution is 0.269. The molecule has 0 amide bonds. The van der Waals surface area contributed by atoms with E-state index in [-0.39, 0.29) is 0 Å². The van der Waals surface area contributed by atoms with Gasteiger partial charge in [-0.25, -0.2) is 0 Å². The van der Waals surface area contributed by atoms with Gasteiger partial charge in [0.15, 0.2) is 0 Å². The van der Waals surface area contributed by atoms with Gasteiger partial charge < -0.3 is 10.2 Å². The van der Waals surface area contributed by atoms with Gasteiger partial charge >= 0.3 is 0 Å². The first-order valence-corrected chi connectivity index (χ1v) is 3.82. The zero-order chi connectivity index (χ0) is 6.81. The molecule has 0 bridgehead atoms. The third-order valence-electron chi connectivity index (χ3n) is 2.06. The number of hydrogen-bond donors (Lipinski definition) is 2. The van der Waals surface area contributed by atoms with E-state index in [1.807, 2.05) is 0 Å². The molecule has 2 aliphatic rings. The van der Waals surface area contributed by atoms with E-state index in [2.05, 4.69) is 21.6 Å². The minimum Gasteiger partial charge on any atom is -0.360 e. The summed E-state index contributed by atoms with van der Waals surface area (Å²) in [6, 6.07) is 0. The quantitative estimate of drug-likeness (QED) is 0.466. The maximum atomic E-state index is 3.35. The van der Waals surface area contributed by atoms with Crippen molar-refractivity contribution in [2.45, 2.75) is 0 Å². The first-order valence-electron chi connectivity index (χ1n) is 3.82. The molecule has 0 unspecified atom stereocenters. The number of nitrogens with one attached hydrogen (secondary N) is 2. The second kappa shape index (κ2) is 2.60. The minimum absolute atomic E-state index is 1.04. The summed E-state index contributed by atoms with van der Waals surface area (Å²) in [6.45, 7) is 5.40. The maximum absolute atomic E-state index is 3.35. The largest absolute Gasteiger partial charge is 0.360 e. The molecule has 2 heterocycles. The van der Waals surface area contributed by atoms with Crippen LogP contribution < -0.4 is 10.6 Å². The Balaban J connectivity index is 2.08. The molecule has 3 heteroatoms. The molecular formula is C7H13N3. The average Bonchev–Trinajstić information content (AvgIpc) is 2.05. The average molecular weight is 139 g/mol. The predicted molar refractivity (Wildman–Crippen MR) is 40.5 cm³/mol. The number of hydrogen-bond acceptors (Lipinski definition) is 3. The van der Waals surface area contributed by atoms with Crippen LogP contribution in [0.1, 0.15) is 0 Å². The predicted octanol–water partition coefficient (Wildman–Crippen LogP) is -0.664. The number of fused-ring (bicyclic) bond motifs is 1. The molecule has 0 atom stereocenters. The minimum atomic E-state index is 1.04. The number of nitrogens with zero attached hydrogens (tertiary/aromatic N) is 1. The molecule has 0 saturated carbocycles. The standard InChI is InChI=1S/C7H13N3/c1-2-9-6-10-4-3-8-5-7(1)10/h1,8-9H,2-6H2. The van der Waals surface area contributed by atoms with Crippen LogP contribution in [0.15, 0.2) is 11.8 Å². The van der Waals surface area contributed by atoms with E-state index in [0.717, 1.165) is 32.8 Å². The molecule has 1 fully saturated rings.